The minimum atomic E-state index is -3.78. The zero-order chi connectivity index (χ0) is 21.7. The van der Waals surface area contributed by atoms with Crippen molar-refractivity contribution in [3.63, 3.8) is 0 Å². The van der Waals surface area contributed by atoms with Gasteiger partial charge in [-0.2, -0.15) is 0 Å². The number of aromatic nitrogens is 4. The van der Waals surface area contributed by atoms with Gasteiger partial charge in [-0.15, -0.1) is 28.1 Å². The molecule has 3 aromatic rings. The molecule has 2 aromatic heterocycles. The molecule has 10 nitrogen and oxygen atoms in total. The summed E-state index contributed by atoms with van der Waals surface area (Å²) in [6, 6.07) is 5.60. The Balaban J connectivity index is 1.63. The molecular weight excluding hydrogens is 446 g/mol. The lowest BCUT2D eigenvalue weighted by molar-refractivity contribution is -0.113. The van der Waals surface area contributed by atoms with Crippen LogP contribution in [0.5, 0.6) is 0 Å². The van der Waals surface area contributed by atoms with Gasteiger partial charge >= 0.3 is 0 Å². The molecule has 0 saturated carbocycles. The van der Waals surface area contributed by atoms with Gasteiger partial charge in [0, 0.05) is 17.6 Å². The number of primary sulfonamides is 1. The second-order valence-electron chi connectivity index (χ2n) is 6.06. The number of hydrogen-bond acceptors (Lipinski definition) is 9. The number of nitrogen functional groups attached to an aromatic ring is 1. The van der Waals surface area contributed by atoms with E-state index in [0.717, 1.165) is 5.69 Å². The van der Waals surface area contributed by atoms with Crippen LogP contribution in [0.15, 0.2) is 52.4 Å². The Morgan fingerprint density at radius 2 is 2.03 bits per heavy atom. The Hall–Kier alpha value is -2.74. The van der Waals surface area contributed by atoms with Crippen LogP contribution in [-0.2, 0) is 27.8 Å². The van der Waals surface area contributed by atoms with Crippen LogP contribution >= 0.6 is 23.1 Å². The highest BCUT2D eigenvalue weighted by molar-refractivity contribution is 7.99. The predicted molar refractivity (Wildman–Crippen MR) is 117 cm³/mol. The molecule has 0 saturated heterocycles. The fourth-order valence-corrected chi connectivity index (χ4v) is 4.33. The molecule has 158 valence electrons. The largest absolute Gasteiger partial charge is 0.375 e. The summed E-state index contributed by atoms with van der Waals surface area (Å²) in [5.41, 5.74) is 6.93. The maximum atomic E-state index is 12.3. The summed E-state index contributed by atoms with van der Waals surface area (Å²) in [5, 5.41) is 19.1. The number of sulfonamides is 1. The molecule has 0 spiro atoms. The van der Waals surface area contributed by atoms with Gasteiger partial charge in [0.25, 0.3) is 0 Å². The fourth-order valence-electron chi connectivity index (χ4n) is 2.49. The van der Waals surface area contributed by atoms with Crippen molar-refractivity contribution in [3.8, 4) is 0 Å². The molecule has 0 bridgehead atoms. The summed E-state index contributed by atoms with van der Waals surface area (Å²) in [6.07, 6.45) is 2.19. The van der Waals surface area contributed by atoms with Gasteiger partial charge in [-0.1, -0.05) is 17.8 Å². The zero-order valence-corrected chi connectivity index (χ0v) is 18.1. The molecule has 2 heterocycles. The van der Waals surface area contributed by atoms with Crippen molar-refractivity contribution in [2.24, 2.45) is 5.14 Å². The lowest BCUT2D eigenvalue weighted by Crippen LogP contribution is -2.15. The van der Waals surface area contributed by atoms with Gasteiger partial charge in [0.1, 0.15) is 5.82 Å². The number of hydrogen-bond donors (Lipinski definition) is 3. The standard InChI is InChI=1S/C17H19N7O3S3/c1-2-7-24-14(8-12-9-28-16(18)21-12)22-23-17(24)29-10-15(25)20-11-3-5-13(6-4-11)30(19,26)27/h2-6,9H,1,7-8,10H2,(H2,18,21)(H,20,25)(H2,19,26,27). The molecule has 3 rings (SSSR count). The number of benzene rings is 1. The van der Waals surface area contributed by atoms with E-state index in [2.05, 4.69) is 27.1 Å². The van der Waals surface area contributed by atoms with Gasteiger partial charge in [0.05, 0.1) is 22.8 Å². The van der Waals surface area contributed by atoms with E-state index in [1.165, 1.54) is 47.4 Å². The van der Waals surface area contributed by atoms with E-state index in [0.29, 0.717) is 34.8 Å². The Bertz CT molecular complexity index is 1150. The van der Waals surface area contributed by atoms with Crippen molar-refractivity contribution in [2.45, 2.75) is 23.0 Å². The number of thiazole rings is 1. The number of carbonyl (C=O) groups excluding carboxylic acids is 1. The molecule has 0 unspecified atom stereocenters. The first-order valence-electron chi connectivity index (χ1n) is 8.54. The van der Waals surface area contributed by atoms with Crippen LogP contribution in [0.25, 0.3) is 0 Å². The maximum Gasteiger partial charge on any atom is 0.238 e. The topological polar surface area (TPSA) is 159 Å². The van der Waals surface area contributed by atoms with Crippen LogP contribution in [0.4, 0.5) is 10.8 Å². The van der Waals surface area contributed by atoms with E-state index in [4.69, 9.17) is 10.9 Å². The summed E-state index contributed by atoms with van der Waals surface area (Å²) in [5.74, 6) is 0.516. The molecule has 5 N–H and O–H groups in total. The third-order valence-corrected chi connectivity index (χ3v) is 6.43. The highest BCUT2D eigenvalue weighted by Gasteiger charge is 2.15. The SMILES string of the molecule is C=CCn1c(Cc2csc(N)n2)nnc1SCC(=O)Nc1ccc(S(N)(=O)=O)cc1. The van der Waals surface area contributed by atoms with Crippen molar-refractivity contribution in [3.05, 3.63) is 53.8 Å². The molecule has 30 heavy (non-hydrogen) atoms. The molecule has 1 amide bonds. The molecule has 13 heteroatoms. The quantitative estimate of drug-likeness (QED) is 0.316. The van der Waals surface area contributed by atoms with Gasteiger partial charge < -0.3 is 15.6 Å². The van der Waals surface area contributed by atoms with Crippen LogP contribution in [0.2, 0.25) is 0 Å². The smallest absolute Gasteiger partial charge is 0.238 e. The minimum absolute atomic E-state index is 0.0261. The highest BCUT2D eigenvalue weighted by Crippen LogP contribution is 2.21. The first-order valence-corrected chi connectivity index (χ1v) is 12.0. The number of nitrogens with two attached hydrogens (primary N) is 2. The first-order chi connectivity index (χ1) is 14.3. The number of carbonyl (C=O) groups is 1. The first kappa shape index (κ1) is 22.0. The minimum Gasteiger partial charge on any atom is -0.375 e. The molecule has 0 atom stereocenters. The number of thioether (sulfide) groups is 1. The van der Waals surface area contributed by atoms with E-state index in [1.54, 1.807) is 6.08 Å². The lowest BCUT2D eigenvalue weighted by atomic mass is 10.3. The van der Waals surface area contributed by atoms with Gasteiger partial charge in [0.15, 0.2) is 10.3 Å². The van der Waals surface area contributed by atoms with Crippen molar-refractivity contribution >= 4 is 49.8 Å². The van der Waals surface area contributed by atoms with Crippen LogP contribution in [-0.4, -0.2) is 39.8 Å². The van der Waals surface area contributed by atoms with Gasteiger partial charge in [0.2, 0.25) is 15.9 Å². The van der Waals surface area contributed by atoms with Crippen molar-refractivity contribution in [1.82, 2.24) is 19.7 Å². The Morgan fingerprint density at radius 3 is 2.63 bits per heavy atom. The Labute approximate surface area is 181 Å². The van der Waals surface area contributed by atoms with Crippen molar-refractivity contribution in [2.75, 3.05) is 16.8 Å². The normalized spacial score (nSPS) is 11.4. The maximum absolute atomic E-state index is 12.3. The third kappa shape index (κ3) is 5.66. The summed E-state index contributed by atoms with van der Waals surface area (Å²) < 4.78 is 24.4. The number of allylic oxidation sites excluding steroid dienone is 1. The van der Waals surface area contributed by atoms with Crippen molar-refractivity contribution in [1.29, 1.82) is 0 Å². The monoisotopic (exact) mass is 465 g/mol. The summed E-state index contributed by atoms with van der Waals surface area (Å²) in [4.78, 5) is 16.5. The molecule has 0 radical (unpaired) electrons. The molecule has 0 aliphatic rings. The average molecular weight is 466 g/mol. The van der Waals surface area contributed by atoms with Crippen molar-refractivity contribution < 1.29 is 13.2 Å². The van der Waals surface area contributed by atoms with Gasteiger partial charge in [-0.05, 0) is 24.3 Å². The Morgan fingerprint density at radius 1 is 1.30 bits per heavy atom. The van der Waals surface area contributed by atoms with Crippen LogP contribution in [0.3, 0.4) is 0 Å². The molecule has 1 aromatic carbocycles. The number of rotatable bonds is 9. The fraction of sp³-hybridized carbons (Fsp3) is 0.176. The summed E-state index contributed by atoms with van der Waals surface area (Å²) in [7, 11) is -3.78. The summed E-state index contributed by atoms with van der Waals surface area (Å²) in [6.45, 7) is 4.24. The van der Waals surface area contributed by atoms with E-state index in [9.17, 15) is 13.2 Å². The second kappa shape index (κ2) is 9.38. The molecular formula is C17H19N7O3S3. The van der Waals surface area contributed by atoms with Gasteiger partial charge in [-0.3, -0.25) is 4.79 Å². The predicted octanol–water partition coefficient (Wildman–Crippen LogP) is 1.47. The highest BCUT2D eigenvalue weighted by atomic mass is 32.2. The third-order valence-electron chi connectivity index (χ3n) is 3.81. The van der Waals surface area contributed by atoms with Crippen LogP contribution in [0.1, 0.15) is 11.5 Å². The average Bonchev–Trinajstić information content (AvgIpc) is 3.27. The molecule has 0 aliphatic carbocycles. The molecule has 0 fully saturated rings. The van der Waals surface area contributed by atoms with Gasteiger partial charge in [-0.25, -0.2) is 18.5 Å². The van der Waals surface area contributed by atoms with E-state index >= 15 is 0 Å². The lowest BCUT2D eigenvalue weighted by Gasteiger charge is -2.08. The van der Waals surface area contributed by atoms with E-state index in [1.807, 2.05) is 9.95 Å². The zero-order valence-electron chi connectivity index (χ0n) is 15.7. The number of anilines is 2. The van der Waals surface area contributed by atoms with Crippen LogP contribution < -0.4 is 16.2 Å². The molecule has 0 aliphatic heterocycles. The summed E-state index contributed by atoms with van der Waals surface area (Å²) >= 11 is 2.59. The number of nitrogens with one attached hydrogen (secondary N) is 1. The number of nitrogens with zero attached hydrogens (tertiary/aromatic N) is 4. The van der Waals surface area contributed by atoms with E-state index < -0.39 is 10.0 Å². The Kier molecular flexibility index (Phi) is 6.87. The van der Waals surface area contributed by atoms with Crippen LogP contribution in [0, 0.1) is 0 Å². The number of amides is 1. The second-order valence-corrected chi connectivity index (χ2v) is 9.45. The van der Waals surface area contributed by atoms with E-state index in [-0.39, 0.29) is 16.6 Å².